The molecule has 0 bridgehead atoms. The Labute approximate surface area is 116 Å². The van der Waals surface area contributed by atoms with Gasteiger partial charge in [-0.3, -0.25) is 4.98 Å². The smallest absolute Gasteiger partial charge is 0.125 e. The van der Waals surface area contributed by atoms with Crippen LogP contribution in [0.5, 0.6) is 0 Å². The van der Waals surface area contributed by atoms with Crippen LogP contribution in [0.4, 0.5) is 0 Å². The number of hydrogen-bond acceptors (Lipinski definition) is 4. The molecular weight excluding hydrogens is 262 g/mol. The molecule has 2 aromatic heterocycles. The molecule has 2 rings (SSSR count). The van der Waals surface area contributed by atoms with Crippen molar-refractivity contribution in [1.82, 2.24) is 9.97 Å². The minimum absolute atomic E-state index is 0.0737. The molecule has 0 aliphatic rings. The molecular formula is C13H15N3S2. The van der Waals surface area contributed by atoms with Crippen LogP contribution in [-0.2, 0) is 5.41 Å². The highest BCUT2D eigenvalue weighted by atomic mass is 32.1. The molecule has 0 amide bonds. The summed E-state index contributed by atoms with van der Waals surface area (Å²) in [4.78, 5) is 10.1. The molecule has 0 saturated heterocycles. The number of aromatic nitrogens is 2. The first-order chi connectivity index (χ1) is 8.39. The van der Waals surface area contributed by atoms with Gasteiger partial charge in [0.15, 0.2) is 0 Å². The van der Waals surface area contributed by atoms with Gasteiger partial charge in [0.2, 0.25) is 0 Å². The fourth-order valence-corrected chi connectivity index (χ4v) is 2.95. The molecule has 0 atom stereocenters. The lowest BCUT2D eigenvalue weighted by Crippen LogP contribution is -2.19. The van der Waals surface area contributed by atoms with Crippen LogP contribution in [0.2, 0.25) is 0 Å². The summed E-state index contributed by atoms with van der Waals surface area (Å²) in [5, 5.41) is 0.913. The molecule has 0 spiro atoms. The van der Waals surface area contributed by atoms with Crippen molar-refractivity contribution in [1.29, 1.82) is 0 Å². The average Bonchev–Trinajstić information content (AvgIpc) is 2.74. The van der Waals surface area contributed by atoms with Crippen LogP contribution in [0.25, 0.3) is 10.6 Å². The van der Waals surface area contributed by atoms with Gasteiger partial charge in [-0.05, 0) is 12.1 Å². The monoisotopic (exact) mass is 277 g/mol. The molecule has 0 fully saturated rings. The molecule has 94 valence electrons. The molecule has 0 aromatic carbocycles. The van der Waals surface area contributed by atoms with E-state index in [-0.39, 0.29) is 5.41 Å². The van der Waals surface area contributed by atoms with Gasteiger partial charge in [-0.15, -0.1) is 11.3 Å². The van der Waals surface area contributed by atoms with Crippen LogP contribution in [0.3, 0.4) is 0 Å². The number of pyridine rings is 1. The van der Waals surface area contributed by atoms with Crippen molar-refractivity contribution in [2.24, 2.45) is 5.73 Å². The summed E-state index contributed by atoms with van der Waals surface area (Å²) in [6, 6.07) is 3.88. The van der Waals surface area contributed by atoms with Crippen molar-refractivity contribution < 1.29 is 0 Å². The van der Waals surface area contributed by atoms with Crippen molar-refractivity contribution in [2.45, 2.75) is 26.2 Å². The maximum Gasteiger partial charge on any atom is 0.125 e. The minimum atomic E-state index is -0.0737. The van der Waals surface area contributed by atoms with Gasteiger partial charge < -0.3 is 5.73 Å². The Kier molecular flexibility index (Phi) is 3.45. The zero-order valence-electron chi connectivity index (χ0n) is 10.6. The summed E-state index contributed by atoms with van der Waals surface area (Å²) in [7, 11) is 0. The number of rotatable bonds is 2. The Morgan fingerprint density at radius 2 is 2.11 bits per heavy atom. The second-order valence-electron chi connectivity index (χ2n) is 5.05. The highest BCUT2D eigenvalue weighted by Gasteiger charge is 2.24. The third kappa shape index (κ3) is 2.57. The predicted octanol–water partition coefficient (Wildman–Crippen LogP) is 3.14. The number of thiazole rings is 1. The van der Waals surface area contributed by atoms with Gasteiger partial charge >= 0.3 is 0 Å². The van der Waals surface area contributed by atoms with Gasteiger partial charge in [-0.25, -0.2) is 4.98 Å². The van der Waals surface area contributed by atoms with E-state index in [4.69, 9.17) is 18.0 Å². The zero-order valence-corrected chi connectivity index (χ0v) is 12.2. The van der Waals surface area contributed by atoms with E-state index in [9.17, 15) is 0 Å². The van der Waals surface area contributed by atoms with E-state index in [0.29, 0.717) is 4.99 Å². The van der Waals surface area contributed by atoms with Crippen molar-refractivity contribution in [3.63, 3.8) is 0 Å². The summed E-state index contributed by atoms with van der Waals surface area (Å²) >= 11 is 6.64. The van der Waals surface area contributed by atoms with E-state index >= 15 is 0 Å². The van der Waals surface area contributed by atoms with Crippen LogP contribution in [0, 0.1) is 0 Å². The van der Waals surface area contributed by atoms with Gasteiger partial charge in [0.05, 0.1) is 10.6 Å². The highest BCUT2D eigenvalue weighted by molar-refractivity contribution is 7.81. The maximum atomic E-state index is 5.79. The summed E-state index contributed by atoms with van der Waals surface area (Å²) in [5.74, 6) is 0. The molecule has 5 heteroatoms. The summed E-state index contributed by atoms with van der Waals surface area (Å²) < 4.78 is 0. The highest BCUT2D eigenvalue weighted by Crippen LogP contribution is 2.34. The molecule has 0 aliphatic heterocycles. The molecule has 2 N–H and O–H groups in total. The van der Waals surface area contributed by atoms with E-state index in [0.717, 1.165) is 21.1 Å². The molecule has 2 heterocycles. The second kappa shape index (κ2) is 4.74. The van der Waals surface area contributed by atoms with Crippen LogP contribution in [0.15, 0.2) is 24.5 Å². The first kappa shape index (κ1) is 13.1. The van der Waals surface area contributed by atoms with Gasteiger partial charge in [0.1, 0.15) is 10.00 Å². The second-order valence-corrected chi connectivity index (χ2v) is 6.49. The molecule has 0 saturated carbocycles. The van der Waals surface area contributed by atoms with Crippen LogP contribution in [-0.4, -0.2) is 15.0 Å². The van der Waals surface area contributed by atoms with Gasteiger partial charge in [0, 0.05) is 23.4 Å². The Balaban J connectivity index is 2.57. The number of hydrogen-bond donors (Lipinski definition) is 1. The van der Waals surface area contributed by atoms with E-state index < -0.39 is 0 Å². The number of nitrogens with zero attached hydrogens (tertiary/aromatic N) is 2. The molecule has 0 radical (unpaired) electrons. The fourth-order valence-electron chi connectivity index (χ4n) is 1.61. The van der Waals surface area contributed by atoms with Gasteiger partial charge in [-0.2, -0.15) is 0 Å². The predicted molar refractivity (Wildman–Crippen MR) is 79.9 cm³/mol. The maximum absolute atomic E-state index is 5.79. The number of nitrogens with two attached hydrogens (primary N) is 1. The van der Waals surface area contributed by atoms with Crippen molar-refractivity contribution >= 4 is 28.5 Å². The summed E-state index contributed by atoms with van der Waals surface area (Å²) in [5.41, 5.74) is 7.67. The number of thiocarbonyl (C=S) groups is 1. The lowest BCUT2D eigenvalue weighted by atomic mass is 9.91. The summed E-state index contributed by atoms with van der Waals surface area (Å²) in [6.07, 6.45) is 3.55. The normalized spacial score (nSPS) is 11.5. The Bertz CT molecular complexity index is 568. The van der Waals surface area contributed by atoms with Crippen LogP contribution in [0.1, 0.15) is 31.3 Å². The molecule has 2 aromatic rings. The Hall–Kier alpha value is -1.33. The quantitative estimate of drug-likeness (QED) is 0.857. The van der Waals surface area contributed by atoms with E-state index in [1.165, 1.54) is 11.3 Å². The largest absolute Gasteiger partial charge is 0.389 e. The molecule has 0 aliphatic carbocycles. The third-order valence-corrected chi connectivity index (χ3v) is 3.94. The standard InChI is InChI=1S/C13H15N3S2/c1-13(2,3)10-9(11(14)17)18-12(16-10)8-5-4-6-15-7-8/h4-7H,1-3H3,(H2,14,17). The molecule has 18 heavy (non-hydrogen) atoms. The SMILES string of the molecule is CC(C)(C)c1nc(-c2cccnc2)sc1C(N)=S. The first-order valence-corrected chi connectivity index (χ1v) is 6.83. The third-order valence-electron chi connectivity index (χ3n) is 2.47. The van der Waals surface area contributed by atoms with Gasteiger partial charge in [0.25, 0.3) is 0 Å². The average molecular weight is 277 g/mol. The van der Waals surface area contributed by atoms with Crippen LogP contribution >= 0.6 is 23.6 Å². The topological polar surface area (TPSA) is 51.8 Å². The van der Waals surface area contributed by atoms with Crippen molar-refractivity contribution in [2.75, 3.05) is 0 Å². The summed E-state index contributed by atoms with van der Waals surface area (Å²) in [6.45, 7) is 6.32. The van der Waals surface area contributed by atoms with Crippen molar-refractivity contribution in [3.05, 3.63) is 35.1 Å². The lowest BCUT2D eigenvalue weighted by molar-refractivity contribution is 0.572. The molecule has 3 nitrogen and oxygen atoms in total. The van der Waals surface area contributed by atoms with E-state index in [2.05, 4.69) is 30.7 Å². The van der Waals surface area contributed by atoms with E-state index in [1.807, 2.05) is 12.1 Å². The van der Waals surface area contributed by atoms with E-state index in [1.54, 1.807) is 12.4 Å². The minimum Gasteiger partial charge on any atom is -0.389 e. The van der Waals surface area contributed by atoms with Crippen molar-refractivity contribution in [3.8, 4) is 10.6 Å². The lowest BCUT2D eigenvalue weighted by Gasteiger charge is -2.16. The Morgan fingerprint density at radius 1 is 1.39 bits per heavy atom. The van der Waals surface area contributed by atoms with Crippen LogP contribution < -0.4 is 5.73 Å². The van der Waals surface area contributed by atoms with Gasteiger partial charge in [-0.1, -0.05) is 33.0 Å². The Morgan fingerprint density at radius 3 is 2.56 bits per heavy atom. The zero-order chi connectivity index (χ0) is 13.3. The first-order valence-electron chi connectivity index (χ1n) is 5.61. The fraction of sp³-hybridized carbons (Fsp3) is 0.308. The molecule has 0 unspecified atom stereocenters.